The highest BCUT2D eigenvalue weighted by Crippen LogP contribution is 2.30. The van der Waals surface area contributed by atoms with E-state index in [0.717, 1.165) is 43.5 Å². The van der Waals surface area contributed by atoms with Gasteiger partial charge in [-0.25, -0.2) is 9.18 Å². The van der Waals surface area contributed by atoms with E-state index in [4.69, 9.17) is 9.47 Å². The molecule has 2 unspecified atom stereocenters. The number of hydrogen-bond acceptors (Lipinski definition) is 5. The number of hydrogen-bond donors (Lipinski definition) is 2. The van der Waals surface area contributed by atoms with E-state index in [9.17, 15) is 9.18 Å². The van der Waals surface area contributed by atoms with Gasteiger partial charge in [0.1, 0.15) is 11.4 Å². The number of carbonyl (C=O) groups is 1. The van der Waals surface area contributed by atoms with Gasteiger partial charge in [-0.05, 0) is 90.8 Å². The van der Waals surface area contributed by atoms with Crippen molar-refractivity contribution >= 4 is 17.5 Å². The number of anilines is 2. The highest BCUT2D eigenvalue weighted by molar-refractivity contribution is 5.68. The molecule has 1 heterocycles. The molecule has 6 nitrogen and oxygen atoms in total. The molecule has 0 spiro atoms. The van der Waals surface area contributed by atoms with Crippen LogP contribution in [0.3, 0.4) is 0 Å². The summed E-state index contributed by atoms with van der Waals surface area (Å²) in [6.07, 6.45) is 3.77. The standard InChI is InChI=1S/C25H40FN3O3/c1-16-11-23(29-14-17(2)31-18(3)15-29)21(26)12-22(16)27-13-19-7-9-20(10-8-19)28-24(30)32-25(4,5)6/h11-12,17-20,27H,7-10,13-15H2,1-6H3,(H,28,30). The summed E-state index contributed by atoms with van der Waals surface area (Å²) in [5.41, 5.74) is 2.08. The number of rotatable bonds is 5. The number of aryl methyl sites for hydroxylation is 1. The third-order valence-corrected chi connectivity index (χ3v) is 6.20. The molecule has 2 N–H and O–H groups in total. The number of nitrogens with one attached hydrogen (secondary N) is 2. The van der Waals surface area contributed by atoms with Gasteiger partial charge >= 0.3 is 6.09 Å². The summed E-state index contributed by atoms with van der Waals surface area (Å²) in [7, 11) is 0. The fourth-order valence-corrected chi connectivity index (χ4v) is 4.71. The first kappa shape index (κ1) is 24.6. The van der Waals surface area contributed by atoms with Crippen LogP contribution in [0.2, 0.25) is 0 Å². The number of morpholine rings is 1. The number of alkyl carbamates (subject to hydrolysis) is 1. The van der Waals surface area contributed by atoms with Crippen molar-refractivity contribution in [2.45, 2.75) is 91.1 Å². The quantitative estimate of drug-likeness (QED) is 0.643. The molecule has 2 aliphatic rings. The molecule has 0 bridgehead atoms. The number of ether oxygens (including phenoxy) is 2. The van der Waals surface area contributed by atoms with Gasteiger partial charge in [0, 0.05) is 31.4 Å². The van der Waals surface area contributed by atoms with Gasteiger partial charge in [0.15, 0.2) is 0 Å². The van der Waals surface area contributed by atoms with Gasteiger partial charge in [-0.15, -0.1) is 0 Å². The fraction of sp³-hybridized carbons (Fsp3) is 0.720. The lowest BCUT2D eigenvalue weighted by molar-refractivity contribution is -0.00540. The largest absolute Gasteiger partial charge is 0.444 e. The van der Waals surface area contributed by atoms with E-state index in [2.05, 4.69) is 15.5 Å². The Kier molecular flexibility index (Phi) is 7.91. The SMILES string of the molecule is Cc1cc(N2CC(C)OC(C)C2)c(F)cc1NCC1CCC(NC(=O)OC(C)(C)C)CC1. The summed E-state index contributed by atoms with van der Waals surface area (Å²) in [6, 6.07) is 3.74. The first-order valence-corrected chi connectivity index (χ1v) is 11.9. The zero-order valence-corrected chi connectivity index (χ0v) is 20.5. The topological polar surface area (TPSA) is 62.8 Å². The third kappa shape index (κ3) is 6.99. The van der Waals surface area contributed by atoms with Crippen LogP contribution in [0.5, 0.6) is 0 Å². The van der Waals surface area contributed by atoms with E-state index in [1.54, 1.807) is 6.07 Å². The van der Waals surface area contributed by atoms with Crippen LogP contribution < -0.4 is 15.5 Å². The van der Waals surface area contributed by atoms with Crippen LogP contribution in [-0.2, 0) is 9.47 Å². The van der Waals surface area contributed by atoms with Gasteiger partial charge < -0.3 is 25.0 Å². The second kappa shape index (κ2) is 10.3. The van der Waals surface area contributed by atoms with Crippen LogP contribution in [0.15, 0.2) is 12.1 Å². The minimum absolute atomic E-state index is 0.0937. The Morgan fingerprint density at radius 1 is 1.16 bits per heavy atom. The molecule has 1 saturated carbocycles. The number of carbonyl (C=O) groups excluding carboxylic acids is 1. The van der Waals surface area contributed by atoms with Crippen LogP contribution in [0.25, 0.3) is 0 Å². The highest BCUT2D eigenvalue weighted by atomic mass is 19.1. The first-order chi connectivity index (χ1) is 15.0. The van der Waals surface area contributed by atoms with E-state index < -0.39 is 5.60 Å². The Labute approximate surface area is 192 Å². The summed E-state index contributed by atoms with van der Waals surface area (Å²) < 4.78 is 26.1. The van der Waals surface area contributed by atoms with E-state index in [1.165, 1.54) is 0 Å². The number of halogens is 1. The van der Waals surface area contributed by atoms with Crippen LogP contribution in [0, 0.1) is 18.7 Å². The molecule has 180 valence electrons. The van der Waals surface area contributed by atoms with Crippen molar-refractivity contribution in [2.24, 2.45) is 5.92 Å². The summed E-state index contributed by atoms with van der Waals surface area (Å²) in [6.45, 7) is 13.9. The summed E-state index contributed by atoms with van der Waals surface area (Å²) in [5.74, 6) is 0.319. The van der Waals surface area contributed by atoms with Crippen molar-refractivity contribution in [3.05, 3.63) is 23.5 Å². The van der Waals surface area contributed by atoms with Crippen molar-refractivity contribution in [1.29, 1.82) is 0 Å². The predicted molar refractivity (Wildman–Crippen MR) is 127 cm³/mol. The van der Waals surface area contributed by atoms with E-state index in [1.807, 2.05) is 47.6 Å². The van der Waals surface area contributed by atoms with Crippen molar-refractivity contribution in [3.8, 4) is 0 Å². The van der Waals surface area contributed by atoms with Gasteiger partial charge in [0.05, 0.1) is 17.9 Å². The Hall–Kier alpha value is -2.02. The average Bonchev–Trinajstić information content (AvgIpc) is 2.67. The molecule has 3 rings (SSSR count). The van der Waals surface area contributed by atoms with E-state index in [0.29, 0.717) is 24.7 Å². The van der Waals surface area contributed by atoms with Crippen LogP contribution in [0.4, 0.5) is 20.6 Å². The molecule has 0 aromatic heterocycles. The van der Waals surface area contributed by atoms with Gasteiger partial charge in [0.25, 0.3) is 0 Å². The molecule has 0 radical (unpaired) electrons. The molecule has 1 aromatic carbocycles. The Balaban J connectivity index is 1.49. The molecular formula is C25H40FN3O3. The maximum absolute atomic E-state index is 14.9. The smallest absolute Gasteiger partial charge is 0.407 e. The van der Waals surface area contributed by atoms with Crippen molar-refractivity contribution in [2.75, 3.05) is 29.9 Å². The number of benzene rings is 1. The normalized spacial score (nSPS) is 26.5. The van der Waals surface area contributed by atoms with Crippen LogP contribution in [-0.4, -0.2) is 49.6 Å². The zero-order chi connectivity index (χ0) is 23.5. The maximum Gasteiger partial charge on any atom is 0.407 e. The van der Waals surface area contributed by atoms with Crippen LogP contribution >= 0.6 is 0 Å². The van der Waals surface area contributed by atoms with Gasteiger partial charge in [0.2, 0.25) is 0 Å². The summed E-state index contributed by atoms with van der Waals surface area (Å²) in [5, 5.41) is 6.45. The number of amides is 1. The Bertz CT molecular complexity index is 777. The molecule has 1 aliphatic heterocycles. The Morgan fingerprint density at radius 2 is 1.78 bits per heavy atom. The average molecular weight is 450 g/mol. The molecule has 1 aliphatic carbocycles. The second-order valence-electron chi connectivity index (χ2n) is 10.5. The lowest BCUT2D eigenvalue weighted by atomic mass is 9.86. The lowest BCUT2D eigenvalue weighted by Crippen LogP contribution is -2.45. The predicted octanol–water partition coefficient (Wildman–Crippen LogP) is 5.24. The minimum atomic E-state index is -0.480. The monoisotopic (exact) mass is 449 g/mol. The molecule has 2 atom stereocenters. The maximum atomic E-state index is 14.9. The molecular weight excluding hydrogens is 409 g/mol. The van der Waals surface area contributed by atoms with E-state index in [-0.39, 0.29) is 30.2 Å². The molecule has 2 fully saturated rings. The lowest BCUT2D eigenvalue weighted by Gasteiger charge is -2.37. The second-order valence-corrected chi connectivity index (χ2v) is 10.5. The van der Waals surface area contributed by atoms with Crippen molar-refractivity contribution < 1.29 is 18.7 Å². The summed E-state index contributed by atoms with van der Waals surface area (Å²) in [4.78, 5) is 14.1. The fourth-order valence-electron chi connectivity index (χ4n) is 4.71. The van der Waals surface area contributed by atoms with Crippen LogP contribution in [0.1, 0.15) is 65.9 Å². The minimum Gasteiger partial charge on any atom is -0.444 e. The van der Waals surface area contributed by atoms with Crippen molar-refractivity contribution in [1.82, 2.24) is 5.32 Å². The highest BCUT2D eigenvalue weighted by Gasteiger charge is 2.26. The Morgan fingerprint density at radius 3 is 2.38 bits per heavy atom. The van der Waals surface area contributed by atoms with Gasteiger partial charge in [-0.2, -0.15) is 0 Å². The zero-order valence-electron chi connectivity index (χ0n) is 20.5. The molecule has 32 heavy (non-hydrogen) atoms. The first-order valence-electron chi connectivity index (χ1n) is 11.9. The third-order valence-electron chi connectivity index (χ3n) is 6.20. The summed E-state index contributed by atoms with van der Waals surface area (Å²) >= 11 is 0. The molecule has 1 amide bonds. The molecule has 1 saturated heterocycles. The van der Waals surface area contributed by atoms with E-state index >= 15 is 0 Å². The molecule has 1 aromatic rings. The van der Waals surface area contributed by atoms with Gasteiger partial charge in [-0.1, -0.05) is 0 Å². The van der Waals surface area contributed by atoms with Gasteiger partial charge in [-0.3, -0.25) is 0 Å². The van der Waals surface area contributed by atoms with Crippen molar-refractivity contribution in [3.63, 3.8) is 0 Å². The molecule has 7 heteroatoms. The number of nitrogens with zero attached hydrogens (tertiary/aromatic N) is 1.